The molecule has 0 amide bonds. The van der Waals surface area contributed by atoms with E-state index in [-0.39, 0.29) is 23.9 Å². The van der Waals surface area contributed by atoms with Crippen molar-refractivity contribution in [2.75, 3.05) is 11.5 Å². The molecule has 3 heteroatoms. The summed E-state index contributed by atoms with van der Waals surface area (Å²) in [5, 5.41) is 0. The third-order valence-corrected chi connectivity index (χ3v) is 2.71. The maximum Gasteiger partial charge on any atom is 2.00 e. The van der Waals surface area contributed by atoms with Gasteiger partial charge in [0.25, 0.3) is 0 Å². The summed E-state index contributed by atoms with van der Waals surface area (Å²) < 4.78 is 0. The third-order valence-electron chi connectivity index (χ3n) is 1.37. The van der Waals surface area contributed by atoms with Gasteiger partial charge in [-0.15, -0.1) is 0 Å². The summed E-state index contributed by atoms with van der Waals surface area (Å²) >= 11 is 9.35. The molecule has 0 aliphatic carbocycles. The van der Waals surface area contributed by atoms with E-state index >= 15 is 0 Å². The van der Waals surface area contributed by atoms with E-state index in [0.29, 0.717) is 11.8 Å². The molecule has 0 saturated heterocycles. The molecule has 0 aliphatic heterocycles. The van der Waals surface area contributed by atoms with Crippen molar-refractivity contribution in [1.29, 1.82) is 0 Å². The van der Waals surface area contributed by atoms with Crippen LogP contribution in [0.2, 0.25) is 0 Å². The van der Waals surface area contributed by atoms with Crippen molar-refractivity contribution in [3.8, 4) is 0 Å². The molecule has 116 valence electrons. The van der Waals surface area contributed by atoms with E-state index in [1.54, 1.807) is 0 Å². The number of hydrogen-bond donors (Lipinski definition) is 0. The summed E-state index contributed by atoms with van der Waals surface area (Å²) in [5.74, 6) is 3.18. The van der Waals surface area contributed by atoms with E-state index in [0.717, 1.165) is 24.3 Å². The molecule has 0 heterocycles. The SMILES string of the molecule is CC(C)C[S-].CC(C)C[S-].[CH2]CCC.[CH2]CCC.[Sn+2]. The maximum atomic E-state index is 4.68. The summed E-state index contributed by atoms with van der Waals surface area (Å²) in [5.41, 5.74) is 0. The topological polar surface area (TPSA) is 0 Å². The van der Waals surface area contributed by atoms with Crippen LogP contribution in [-0.4, -0.2) is 35.4 Å². The molecule has 0 aromatic carbocycles. The summed E-state index contributed by atoms with van der Waals surface area (Å²) in [7, 11) is 0. The molecular formula is C16H36S2Sn. The molecule has 0 bridgehead atoms. The van der Waals surface area contributed by atoms with Crippen LogP contribution < -0.4 is 0 Å². The predicted octanol–water partition coefficient (Wildman–Crippen LogP) is 5.24. The average molecular weight is 411 g/mol. The molecule has 0 saturated carbocycles. The van der Waals surface area contributed by atoms with Crippen LogP contribution >= 0.6 is 0 Å². The van der Waals surface area contributed by atoms with Gasteiger partial charge in [0.15, 0.2) is 0 Å². The first kappa shape index (κ1) is 32.4. The first-order valence-corrected chi connectivity index (χ1v) is 8.27. The second-order valence-electron chi connectivity index (χ2n) is 4.83. The zero-order valence-corrected chi connectivity index (χ0v) is 18.6. The van der Waals surface area contributed by atoms with Gasteiger partial charge in [0.05, 0.1) is 0 Å². The Morgan fingerprint density at radius 1 is 0.737 bits per heavy atom. The molecule has 0 atom stereocenters. The van der Waals surface area contributed by atoms with Gasteiger partial charge in [-0.2, -0.15) is 11.5 Å². The third kappa shape index (κ3) is 106. The summed E-state index contributed by atoms with van der Waals surface area (Å²) in [6, 6.07) is 0. The molecule has 0 aromatic heterocycles. The van der Waals surface area contributed by atoms with Crippen molar-refractivity contribution in [2.24, 2.45) is 11.8 Å². The zero-order chi connectivity index (χ0) is 15.4. The fourth-order valence-corrected chi connectivity index (χ4v) is 0. The quantitative estimate of drug-likeness (QED) is 0.459. The molecule has 0 aromatic rings. The van der Waals surface area contributed by atoms with Crippen LogP contribution in [0.15, 0.2) is 0 Å². The summed E-state index contributed by atoms with van der Waals surface area (Å²) in [6.45, 7) is 19.9. The van der Waals surface area contributed by atoms with Gasteiger partial charge in [-0.3, -0.25) is 0 Å². The Morgan fingerprint density at radius 2 is 0.842 bits per heavy atom. The van der Waals surface area contributed by atoms with Crippen LogP contribution in [-0.2, 0) is 25.3 Å². The van der Waals surface area contributed by atoms with Gasteiger partial charge in [0.2, 0.25) is 0 Å². The van der Waals surface area contributed by atoms with E-state index in [1.807, 2.05) is 0 Å². The van der Waals surface area contributed by atoms with E-state index in [9.17, 15) is 0 Å². The molecule has 0 fully saturated rings. The fraction of sp³-hybridized carbons (Fsp3) is 0.875. The van der Waals surface area contributed by atoms with Crippen molar-refractivity contribution in [3.63, 3.8) is 0 Å². The van der Waals surface area contributed by atoms with Crippen molar-refractivity contribution in [3.05, 3.63) is 13.8 Å². The summed E-state index contributed by atoms with van der Waals surface area (Å²) in [6.07, 6.45) is 4.56. The summed E-state index contributed by atoms with van der Waals surface area (Å²) in [4.78, 5) is 0. The first-order valence-electron chi connectivity index (χ1n) is 7.12. The van der Waals surface area contributed by atoms with Crippen LogP contribution in [0.1, 0.15) is 67.2 Å². The minimum Gasteiger partial charge on any atom is -0.792 e. The second kappa shape index (κ2) is 36.6. The Hall–Kier alpha value is 1.50. The van der Waals surface area contributed by atoms with Gasteiger partial charge in [-0.25, -0.2) is 0 Å². The Balaban J connectivity index is -0.0000000453. The number of hydrogen-bond acceptors (Lipinski definition) is 2. The van der Waals surface area contributed by atoms with Crippen molar-refractivity contribution in [1.82, 2.24) is 0 Å². The molecule has 0 nitrogen and oxygen atoms in total. The molecule has 0 unspecified atom stereocenters. The van der Waals surface area contributed by atoms with E-state index in [1.165, 1.54) is 12.8 Å². The molecule has 0 rings (SSSR count). The minimum absolute atomic E-state index is 0. The van der Waals surface area contributed by atoms with Crippen LogP contribution in [0.3, 0.4) is 0 Å². The number of rotatable bonds is 4. The first-order chi connectivity index (χ1) is 8.37. The zero-order valence-electron chi connectivity index (χ0n) is 14.1. The predicted molar refractivity (Wildman–Crippen MR) is 100 cm³/mol. The molecule has 0 spiro atoms. The molecular weight excluding hydrogens is 375 g/mol. The fourth-order valence-electron chi connectivity index (χ4n) is 0. The number of unbranched alkanes of at least 4 members (excludes halogenated alkanes) is 2. The molecule has 19 heavy (non-hydrogen) atoms. The molecule has 0 aliphatic rings. The van der Waals surface area contributed by atoms with Gasteiger partial charge in [-0.1, -0.05) is 92.9 Å². The van der Waals surface area contributed by atoms with Crippen LogP contribution in [0.25, 0.3) is 0 Å². The van der Waals surface area contributed by atoms with Crippen LogP contribution in [0, 0.1) is 25.7 Å². The Kier molecular flexibility index (Phi) is 62.5. The van der Waals surface area contributed by atoms with Crippen LogP contribution in [0.4, 0.5) is 0 Å². The van der Waals surface area contributed by atoms with Crippen molar-refractivity contribution < 1.29 is 0 Å². The van der Waals surface area contributed by atoms with Gasteiger partial charge < -0.3 is 25.3 Å². The largest absolute Gasteiger partial charge is 2.00 e. The van der Waals surface area contributed by atoms with Gasteiger partial charge in [0.1, 0.15) is 0 Å². The Labute approximate surface area is 153 Å². The monoisotopic (exact) mass is 412 g/mol. The van der Waals surface area contributed by atoms with Crippen molar-refractivity contribution in [2.45, 2.75) is 67.2 Å². The van der Waals surface area contributed by atoms with E-state index in [2.05, 4.69) is 80.6 Å². The molecule has 4 radical (unpaired) electrons. The van der Waals surface area contributed by atoms with Gasteiger partial charge in [0, 0.05) is 0 Å². The van der Waals surface area contributed by atoms with E-state index < -0.39 is 0 Å². The molecule has 0 N–H and O–H groups in total. The normalized spacial score (nSPS) is 8.21. The minimum atomic E-state index is 0. The van der Waals surface area contributed by atoms with E-state index in [4.69, 9.17) is 0 Å². The Bertz CT molecular complexity index is 80.7. The van der Waals surface area contributed by atoms with Gasteiger partial charge >= 0.3 is 23.9 Å². The Morgan fingerprint density at radius 3 is 0.842 bits per heavy atom. The second-order valence-corrected chi connectivity index (χ2v) is 5.49. The van der Waals surface area contributed by atoms with Crippen LogP contribution in [0.5, 0.6) is 0 Å². The van der Waals surface area contributed by atoms with Gasteiger partial charge in [-0.05, 0) is 0 Å². The van der Waals surface area contributed by atoms with Crippen molar-refractivity contribution >= 4 is 49.2 Å². The smallest absolute Gasteiger partial charge is 0.792 e. The average Bonchev–Trinajstić information content (AvgIpc) is 2.39. The standard InChI is InChI=1S/2C4H10S.2C4H9.Sn/c2*1-4(2)3-5;2*1-3-4-2;/h2*4-5H,3H2,1-2H3;2*1,3-4H2,2H3;/q;;;;+2/p-2. The maximum absolute atomic E-state index is 4.68.